The Morgan fingerprint density at radius 2 is 1.82 bits per heavy atom. The van der Waals surface area contributed by atoms with E-state index in [0.29, 0.717) is 11.4 Å². The lowest BCUT2D eigenvalue weighted by molar-refractivity contribution is -0.128. The number of aliphatic hydroxyl groups is 1. The van der Waals surface area contributed by atoms with Crippen molar-refractivity contribution in [2.75, 3.05) is 16.8 Å². The normalized spacial score (nSPS) is 12.6. The highest BCUT2D eigenvalue weighted by atomic mass is 16.2. The first-order valence-corrected chi connectivity index (χ1v) is 8.03. The molecule has 3 rings (SSSR count). The van der Waals surface area contributed by atoms with E-state index in [9.17, 15) is 19.2 Å². The predicted molar refractivity (Wildman–Crippen MR) is 100 cm³/mol. The first kappa shape index (κ1) is 22.2. The molecule has 0 saturated carbocycles. The smallest absolute Gasteiger partial charge is 0.335 e. The Bertz CT molecular complexity index is 780. The number of nitrogens with two attached hydrogens (primary N) is 1. The molecule has 0 aliphatic carbocycles. The minimum absolute atomic E-state index is 0.250. The summed E-state index contributed by atoms with van der Waals surface area (Å²) in [4.78, 5) is 52.4. The quantitative estimate of drug-likeness (QED) is 0.547. The number of nitrogens with one attached hydrogen (secondary N) is 2. The summed E-state index contributed by atoms with van der Waals surface area (Å²) in [6, 6.07) is 5.28. The van der Waals surface area contributed by atoms with E-state index in [1.54, 1.807) is 37.4 Å². The maximum absolute atomic E-state index is 11.4. The largest absolute Gasteiger partial charge is 0.397 e. The van der Waals surface area contributed by atoms with Crippen LogP contribution in [0.1, 0.15) is 13.3 Å². The van der Waals surface area contributed by atoms with Gasteiger partial charge < -0.3 is 16.2 Å². The van der Waals surface area contributed by atoms with Crippen LogP contribution in [0.3, 0.4) is 0 Å². The van der Waals surface area contributed by atoms with Crippen molar-refractivity contribution < 1.29 is 24.3 Å². The molecule has 6 amide bonds. The fourth-order valence-electron chi connectivity index (χ4n) is 1.88. The third kappa shape index (κ3) is 7.58. The Hall–Kier alpha value is -3.86. The van der Waals surface area contributed by atoms with Gasteiger partial charge in [-0.25, -0.2) is 14.5 Å². The Balaban J connectivity index is 0.000000261. The third-order valence-corrected chi connectivity index (χ3v) is 2.84. The van der Waals surface area contributed by atoms with Crippen molar-refractivity contribution in [1.29, 1.82) is 0 Å². The van der Waals surface area contributed by atoms with Crippen LogP contribution in [0, 0.1) is 0 Å². The molecule has 1 saturated heterocycles. The first-order chi connectivity index (χ1) is 13.4. The summed E-state index contributed by atoms with van der Waals surface area (Å²) < 4.78 is 0. The number of imide groups is 2. The number of carbonyl (C=O) groups excluding carboxylic acids is 4. The van der Waals surface area contributed by atoms with E-state index in [1.165, 1.54) is 18.6 Å². The van der Waals surface area contributed by atoms with Gasteiger partial charge in [-0.15, -0.1) is 0 Å². The monoisotopic (exact) mass is 388 g/mol. The van der Waals surface area contributed by atoms with Crippen molar-refractivity contribution >= 4 is 35.3 Å². The molecule has 3 heterocycles. The van der Waals surface area contributed by atoms with Crippen molar-refractivity contribution in [3.8, 4) is 0 Å². The number of hydrogen-bond donors (Lipinski definition) is 4. The number of urea groups is 2. The molecule has 0 unspecified atom stereocenters. The van der Waals surface area contributed by atoms with Crippen LogP contribution in [-0.2, 0) is 9.59 Å². The van der Waals surface area contributed by atoms with Crippen LogP contribution in [0.5, 0.6) is 0 Å². The maximum atomic E-state index is 11.4. The van der Waals surface area contributed by atoms with E-state index in [4.69, 9.17) is 10.8 Å². The minimum Gasteiger partial charge on any atom is -0.397 e. The molecule has 1 aliphatic heterocycles. The number of hydrogen-bond acceptors (Lipinski definition) is 7. The Labute approximate surface area is 160 Å². The SMILES string of the molecule is CCO.NC(=O)Nc1cccnc1.O=C1CC(=O)N(c2cccnc2)C(=O)N1. The Morgan fingerprint density at radius 3 is 2.29 bits per heavy atom. The van der Waals surface area contributed by atoms with Crippen LogP contribution in [0.15, 0.2) is 49.1 Å². The second kappa shape index (κ2) is 11.7. The molecule has 28 heavy (non-hydrogen) atoms. The van der Waals surface area contributed by atoms with E-state index < -0.39 is 23.9 Å². The predicted octanol–water partition coefficient (Wildman–Crippen LogP) is 0.625. The van der Waals surface area contributed by atoms with Crippen LogP contribution in [0.2, 0.25) is 0 Å². The van der Waals surface area contributed by atoms with Gasteiger partial charge in [-0.2, -0.15) is 0 Å². The fourth-order valence-corrected chi connectivity index (χ4v) is 1.88. The highest BCUT2D eigenvalue weighted by Crippen LogP contribution is 2.15. The van der Waals surface area contributed by atoms with Gasteiger partial charge >= 0.3 is 12.1 Å². The summed E-state index contributed by atoms with van der Waals surface area (Å²) in [5.41, 5.74) is 5.81. The number of anilines is 2. The minimum atomic E-state index is -0.732. The van der Waals surface area contributed by atoms with Gasteiger partial charge in [-0.1, -0.05) is 0 Å². The standard InChI is InChI=1S/C9H7N3O3.C6H7N3O.C2H6O/c13-7-4-8(14)12(9(15)11-7)6-2-1-3-10-5-6;7-6(10)9-5-2-1-3-8-4-5;1-2-3/h1-3,5H,4H2,(H,11,13,15);1-4H,(H3,7,9,10);3H,2H2,1H3. The molecule has 1 aliphatic rings. The summed E-state index contributed by atoms with van der Waals surface area (Å²) in [6.45, 7) is 1.93. The molecule has 0 aromatic carbocycles. The summed E-state index contributed by atoms with van der Waals surface area (Å²) in [5.74, 6) is -1.12. The van der Waals surface area contributed by atoms with Gasteiger partial charge in [0.15, 0.2) is 0 Å². The van der Waals surface area contributed by atoms with E-state index >= 15 is 0 Å². The van der Waals surface area contributed by atoms with Gasteiger partial charge in [-0.3, -0.25) is 24.9 Å². The topological polar surface area (TPSA) is 168 Å². The molecular formula is C17H20N6O5. The molecule has 1 fully saturated rings. The average molecular weight is 388 g/mol. The second-order valence-electron chi connectivity index (χ2n) is 5.02. The molecule has 11 heteroatoms. The molecular weight excluding hydrogens is 368 g/mol. The highest BCUT2D eigenvalue weighted by Gasteiger charge is 2.31. The van der Waals surface area contributed by atoms with Gasteiger partial charge in [0.05, 0.1) is 23.8 Å². The molecule has 0 spiro atoms. The number of rotatable bonds is 2. The molecule has 2 aromatic rings. The highest BCUT2D eigenvalue weighted by molar-refractivity contribution is 6.26. The zero-order chi connectivity index (χ0) is 20.9. The number of aliphatic hydroxyl groups excluding tert-OH is 1. The van der Waals surface area contributed by atoms with Crippen LogP contribution in [0.4, 0.5) is 21.0 Å². The van der Waals surface area contributed by atoms with Crippen molar-refractivity contribution in [2.24, 2.45) is 5.73 Å². The van der Waals surface area contributed by atoms with Gasteiger partial charge in [0.25, 0.3) is 0 Å². The van der Waals surface area contributed by atoms with Crippen molar-refractivity contribution in [3.05, 3.63) is 49.1 Å². The number of barbiturate groups is 1. The summed E-state index contributed by atoms with van der Waals surface area (Å²) in [7, 11) is 0. The van der Waals surface area contributed by atoms with Gasteiger partial charge in [-0.05, 0) is 31.2 Å². The van der Waals surface area contributed by atoms with Crippen LogP contribution >= 0.6 is 0 Å². The molecule has 148 valence electrons. The van der Waals surface area contributed by atoms with Gasteiger partial charge in [0.2, 0.25) is 11.8 Å². The van der Waals surface area contributed by atoms with Crippen LogP contribution in [0.25, 0.3) is 0 Å². The maximum Gasteiger partial charge on any atom is 0.335 e. The Kier molecular flexibility index (Phi) is 9.27. The molecule has 2 aromatic heterocycles. The van der Waals surface area contributed by atoms with Crippen LogP contribution in [-0.4, -0.2) is 45.6 Å². The number of amides is 6. The van der Waals surface area contributed by atoms with Crippen molar-refractivity contribution in [2.45, 2.75) is 13.3 Å². The van der Waals surface area contributed by atoms with E-state index in [2.05, 4.69) is 20.6 Å². The first-order valence-electron chi connectivity index (χ1n) is 8.03. The summed E-state index contributed by atoms with van der Waals surface area (Å²) in [6.07, 6.45) is 5.73. The number of pyridine rings is 2. The zero-order valence-corrected chi connectivity index (χ0v) is 15.0. The molecule has 5 N–H and O–H groups in total. The van der Waals surface area contributed by atoms with Crippen LogP contribution < -0.4 is 21.3 Å². The number of aromatic nitrogens is 2. The second-order valence-corrected chi connectivity index (χ2v) is 5.02. The molecule has 0 atom stereocenters. The van der Waals surface area contributed by atoms with E-state index in [-0.39, 0.29) is 13.0 Å². The Morgan fingerprint density at radius 1 is 1.21 bits per heavy atom. The molecule has 0 bridgehead atoms. The van der Waals surface area contributed by atoms with E-state index in [0.717, 1.165) is 4.90 Å². The lowest BCUT2D eigenvalue weighted by atomic mass is 10.2. The third-order valence-electron chi connectivity index (χ3n) is 2.84. The van der Waals surface area contributed by atoms with Gasteiger partial charge in [0, 0.05) is 19.0 Å². The molecule has 11 nitrogen and oxygen atoms in total. The molecule has 0 radical (unpaired) electrons. The summed E-state index contributed by atoms with van der Waals surface area (Å²) in [5, 5.41) is 12.0. The number of primary amides is 1. The van der Waals surface area contributed by atoms with E-state index in [1.807, 2.05) is 0 Å². The lowest BCUT2D eigenvalue weighted by Gasteiger charge is -2.24. The van der Waals surface area contributed by atoms with Crippen molar-refractivity contribution in [3.63, 3.8) is 0 Å². The van der Waals surface area contributed by atoms with Crippen molar-refractivity contribution in [1.82, 2.24) is 15.3 Å². The number of nitrogens with zero attached hydrogens (tertiary/aromatic N) is 3. The zero-order valence-electron chi connectivity index (χ0n) is 15.0. The fraction of sp³-hybridized carbons (Fsp3) is 0.176. The average Bonchev–Trinajstić information content (AvgIpc) is 2.63. The number of carbonyl (C=O) groups is 4. The lowest BCUT2D eigenvalue weighted by Crippen LogP contribution is -2.52. The van der Waals surface area contributed by atoms with Gasteiger partial charge in [0.1, 0.15) is 6.42 Å². The summed E-state index contributed by atoms with van der Waals surface area (Å²) >= 11 is 0.